The van der Waals surface area contributed by atoms with Crippen LogP contribution in [-0.2, 0) is 10.1 Å². The van der Waals surface area contributed by atoms with Crippen LogP contribution in [0, 0.1) is 0 Å². The zero-order valence-corrected chi connectivity index (χ0v) is 14.5. The zero-order valence-electron chi connectivity index (χ0n) is 13.7. The number of fused-ring (bicyclic) bond motifs is 1. The first-order valence-corrected chi connectivity index (χ1v) is 9.32. The van der Waals surface area contributed by atoms with Gasteiger partial charge in [-0.05, 0) is 36.6 Å². The van der Waals surface area contributed by atoms with E-state index in [1.165, 1.54) is 0 Å². The monoisotopic (exact) mass is 320 g/mol. The third kappa shape index (κ3) is 3.27. The van der Waals surface area contributed by atoms with Gasteiger partial charge in [0, 0.05) is 5.39 Å². The fourth-order valence-corrected chi connectivity index (χ4v) is 3.35. The summed E-state index contributed by atoms with van der Waals surface area (Å²) in [4.78, 5) is 0. The van der Waals surface area contributed by atoms with Crippen LogP contribution in [0.2, 0.25) is 0 Å². The maximum absolute atomic E-state index is 12.4. The Bertz CT molecular complexity index is 750. The first kappa shape index (κ1) is 16.8. The molecule has 2 rings (SSSR count). The highest BCUT2D eigenvalue weighted by molar-refractivity contribution is 7.87. The van der Waals surface area contributed by atoms with Gasteiger partial charge in [-0.2, -0.15) is 8.42 Å². The summed E-state index contributed by atoms with van der Waals surface area (Å²) in [5.74, 6) is 0.736. The lowest BCUT2D eigenvalue weighted by molar-refractivity contribution is 0.469. The Hall–Kier alpha value is -1.55. The van der Waals surface area contributed by atoms with Crippen LogP contribution >= 0.6 is 0 Å². The van der Waals surface area contributed by atoms with Crippen LogP contribution in [0.4, 0.5) is 0 Å². The van der Waals surface area contributed by atoms with Crippen molar-refractivity contribution in [2.45, 2.75) is 51.7 Å². The van der Waals surface area contributed by atoms with E-state index in [-0.39, 0.29) is 5.92 Å². The average molecular weight is 320 g/mol. The van der Waals surface area contributed by atoms with Crippen molar-refractivity contribution in [3.8, 4) is 5.75 Å². The van der Waals surface area contributed by atoms with Crippen LogP contribution < -0.4 is 4.18 Å². The van der Waals surface area contributed by atoms with Gasteiger partial charge in [0.15, 0.2) is 5.75 Å². The molecule has 0 heterocycles. The van der Waals surface area contributed by atoms with Gasteiger partial charge in [0.2, 0.25) is 0 Å². The largest absolute Gasteiger partial charge is 0.381 e. The van der Waals surface area contributed by atoms with Crippen molar-refractivity contribution in [1.82, 2.24) is 0 Å². The standard InChI is InChI=1S/C18H24O3S/c1-5-13(3)16-12-11-15-9-7-8-10-17(15)18(16)21-22(19,20)14(4)6-2/h7-14H,5-6H2,1-4H3. The molecule has 0 aromatic heterocycles. The second-order valence-corrected chi connectivity index (χ2v) is 7.77. The van der Waals surface area contributed by atoms with Gasteiger partial charge in [-0.25, -0.2) is 0 Å². The number of benzene rings is 2. The van der Waals surface area contributed by atoms with Crippen LogP contribution in [0.25, 0.3) is 10.8 Å². The Morgan fingerprint density at radius 3 is 2.32 bits per heavy atom. The van der Waals surface area contributed by atoms with Crippen LogP contribution in [0.1, 0.15) is 52.0 Å². The molecule has 0 radical (unpaired) electrons. The molecule has 0 amide bonds. The minimum atomic E-state index is -3.62. The van der Waals surface area contributed by atoms with E-state index in [2.05, 4.69) is 13.8 Å². The Morgan fingerprint density at radius 2 is 1.68 bits per heavy atom. The fraction of sp³-hybridized carbons (Fsp3) is 0.444. The maximum Gasteiger partial charge on any atom is 0.311 e. The highest BCUT2D eigenvalue weighted by atomic mass is 32.2. The molecule has 3 nitrogen and oxygen atoms in total. The molecule has 2 atom stereocenters. The third-order valence-electron chi connectivity index (χ3n) is 4.32. The summed E-state index contributed by atoms with van der Waals surface area (Å²) >= 11 is 0. The Morgan fingerprint density at radius 1 is 1.00 bits per heavy atom. The van der Waals surface area contributed by atoms with Gasteiger partial charge in [0.05, 0.1) is 5.25 Å². The summed E-state index contributed by atoms with van der Waals surface area (Å²) in [5, 5.41) is 1.33. The number of hydrogen-bond acceptors (Lipinski definition) is 3. The normalized spacial score (nSPS) is 14.7. The highest BCUT2D eigenvalue weighted by Crippen LogP contribution is 2.37. The van der Waals surface area contributed by atoms with Gasteiger partial charge in [-0.3, -0.25) is 0 Å². The van der Waals surface area contributed by atoms with Gasteiger partial charge >= 0.3 is 10.1 Å². The molecule has 0 saturated carbocycles. The summed E-state index contributed by atoms with van der Waals surface area (Å²) in [7, 11) is -3.62. The van der Waals surface area contributed by atoms with E-state index >= 15 is 0 Å². The summed E-state index contributed by atoms with van der Waals surface area (Å²) < 4.78 is 30.4. The lowest BCUT2D eigenvalue weighted by atomic mass is 9.94. The van der Waals surface area contributed by atoms with Crippen molar-refractivity contribution in [3.05, 3.63) is 42.0 Å². The molecule has 0 saturated heterocycles. The predicted molar refractivity (Wildman–Crippen MR) is 92.0 cm³/mol. The van der Waals surface area contributed by atoms with E-state index in [0.717, 1.165) is 22.8 Å². The van der Waals surface area contributed by atoms with Crippen molar-refractivity contribution < 1.29 is 12.6 Å². The lowest BCUT2D eigenvalue weighted by Gasteiger charge is -2.19. The quantitative estimate of drug-likeness (QED) is 0.714. The predicted octanol–water partition coefficient (Wildman–Crippen LogP) is 4.86. The van der Waals surface area contributed by atoms with Crippen molar-refractivity contribution in [1.29, 1.82) is 0 Å². The van der Waals surface area contributed by atoms with Crippen LogP contribution in [0.15, 0.2) is 36.4 Å². The van der Waals surface area contributed by atoms with Crippen molar-refractivity contribution in [2.24, 2.45) is 0 Å². The minimum Gasteiger partial charge on any atom is -0.381 e. The van der Waals surface area contributed by atoms with E-state index in [1.807, 2.05) is 43.3 Å². The third-order valence-corrected chi connectivity index (χ3v) is 6.04. The molecule has 2 aromatic rings. The molecule has 0 spiro atoms. The zero-order chi connectivity index (χ0) is 16.3. The average Bonchev–Trinajstić information content (AvgIpc) is 2.53. The molecular weight excluding hydrogens is 296 g/mol. The van der Waals surface area contributed by atoms with Crippen LogP contribution in [-0.4, -0.2) is 13.7 Å². The van der Waals surface area contributed by atoms with Crippen LogP contribution in [0.5, 0.6) is 5.75 Å². The second-order valence-electron chi connectivity index (χ2n) is 5.81. The topological polar surface area (TPSA) is 43.4 Å². The molecule has 4 heteroatoms. The number of hydrogen-bond donors (Lipinski definition) is 0. The summed E-state index contributed by atoms with van der Waals surface area (Å²) in [5.41, 5.74) is 0.952. The minimum absolute atomic E-state index is 0.242. The van der Waals surface area contributed by atoms with Gasteiger partial charge in [-0.15, -0.1) is 0 Å². The Balaban J connectivity index is 2.63. The first-order chi connectivity index (χ1) is 10.4. The molecule has 22 heavy (non-hydrogen) atoms. The molecule has 0 aliphatic rings. The summed E-state index contributed by atoms with van der Waals surface area (Å²) in [6.45, 7) is 7.72. The maximum atomic E-state index is 12.4. The van der Waals surface area contributed by atoms with E-state index in [1.54, 1.807) is 6.92 Å². The van der Waals surface area contributed by atoms with Gasteiger partial charge < -0.3 is 4.18 Å². The molecule has 0 fully saturated rings. The molecule has 2 unspecified atom stereocenters. The molecule has 120 valence electrons. The Kier molecular flexibility index (Phi) is 5.12. The van der Waals surface area contributed by atoms with Crippen molar-refractivity contribution >= 4 is 20.9 Å². The van der Waals surface area contributed by atoms with Crippen molar-refractivity contribution in [2.75, 3.05) is 0 Å². The van der Waals surface area contributed by atoms with E-state index in [0.29, 0.717) is 12.2 Å². The molecule has 2 aromatic carbocycles. The Labute approximate surface area is 133 Å². The second kappa shape index (κ2) is 6.69. The van der Waals surface area contributed by atoms with E-state index in [9.17, 15) is 8.42 Å². The first-order valence-electron chi connectivity index (χ1n) is 7.85. The number of rotatable bonds is 6. The molecule has 0 aliphatic carbocycles. The molecule has 0 bridgehead atoms. The fourth-order valence-electron chi connectivity index (χ4n) is 2.36. The van der Waals surface area contributed by atoms with E-state index in [4.69, 9.17) is 4.18 Å². The molecular formula is C18H24O3S. The SMILES string of the molecule is CCC(C)c1ccc2ccccc2c1OS(=O)(=O)C(C)CC. The van der Waals surface area contributed by atoms with Crippen LogP contribution in [0.3, 0.4) is 0 Å². The van der Waals surface area contributed by atoms with E-state index < -0.39 is 15.4 Å². The van der Waals surface area contributed by atoms with Gasteiger partial charge in [-0.1, -0.05) is 57.2 Å². The summed E-state index contributed by atoms with van der Waals surface area (Å²) in [6.07, 6.45) is 1.46. The van der Waals surface area contributed by atoms with Gasteiger partial charge in [0.1, 0.15) is 0 Å². The molecule has 0 aliphatic heterocycles. The van der Waals surface area contributed by atoms with Gasteiger partial charge in [0.25, 0.3) is 0 Å². The van der Waals surface area contributed by atoms with Crippen molar-refractivity contribution in [3.63, 3.8) is 0 Å². The summed E-state index contributed by atoms with van der Waals surface area (Å²) in [6, 6.07) is 11.8. The smallest absolute Gasteiger partial charge is 0.311 e. The highest BCUT2D eigenvalue weighted by Gasteiger charge is 2.24. The lowest BCUT2D eigenvalue weighted by Crippen LogP contribution is -2.23. The molecule has 0 N–H and O–H groups in total.